The highest BCUT2D eigenvalue weighted by molar-refractivity contribution is 7.90. The molecular weight excluding hydrogens is 322 g/mol. The number of sulfonamides is 1. The Hall–Kier alpha value is -2.16. The molecule has 126 valence electrons. The zero-order chi connectivity index (χ0) is 17.2. The second kappa shape index (κ2) is 6.53. The number of nitrogens with zero attached hydrogens (tertiary/aromatic N) is 3. The van der Waals surface area contributed by atoms with E-state index in [1.807, 2.05) is 13.8 Å². The first-order valence-electron chi connectivity index (χ1n) is 7.11. The summed E-state index contributed by atoms with van der Waals surface area (Å²) < 4.78 is 31.4. The second-order valence-corrected chi connectivity index (χ2v) is 7.28. The van der Waals surface area contributed by atoms with Gasteiger partial charge in [-0.3, -0.25) is 4.79 Å². The van der Waals surface area contributed by atoms with Crippen molar-refractivity contribution in [3.63, 3.8) is 0 Å². The summed E-state index contributed by atoms with van der Waals surface area (Å²) in [6.45, 7) is 3.60. The van der Waals surface area contributed by atoms with E-state index in [1.54, 1.807) is 11.9 Å². The van der Waals surface area contributed by atoms with E-state index in [1.165, 1.54) is 23.3 Å². The van der Waals surface area contributed by atoms with Crippen molar-refractivity contribution in [2.24, 2.45) is 4.40 Å². The largest absolute Gasteiger partial charge is 0.452 e. The quantitative estimate of drug-likeness (QED) is 0.662. The van der Waals surface area contributed by atoms with Gasteiger partial charge in [0.05, 0.1) is 11.3 Å². The first-order chi connectivity index (χ1) is 10.7. The van der Waals surface area contributed by atoms with Crippen LogP contribution in [0.25, 0.3) is 0 Å². The summed E-state index contributed by atoms with van der Waals surface area (Å²) in [7, 11) is -1.79. The second-order valence-electron chi connectivity index (χ2n) is 5.52. The minimum absolute atomic E-state index is 0.0177. The molecule has 0 radical (unpaired) electrons. The van der Waals surface area contributed by atoms with Crippen molar-refractivity contribution < 1.29 is 22.7 Å². The molecule has 0 saturated heterocycles. The third kappa shape index (κ3) is 4.19. The van der Waals surface area contributed by atoms with E-state index in [9.17, 15) is 18.0 Å². The molecule has 2 aliphatic heterocycles. The van der Waals surface area contributed by atoms with Crippen molar-refractivity contribution >= 4 is 27.7 Å². The SMILES string of the molecule is CC(C)N(C)C(=O)COC(=O)C1=CN2CCS(=O)(=O)N=C2C=C1. The van der Waals surface area contributed by atoms with Gasteiger partial charge in [-0.1, -0.05) is 0 Å². The van der Waals surface area contributed by atoms with Gasteiger partial charge in [-0.15, -0.1) is 4.40 Å². The number of rotatable bonds is 4. The molecule has 0 atom stereocenters. The van der Waals surface area contributed by atoms with Crippen molar-refractivity contribution in [1.29, 1.82) is 0 Å². The predicted octanol–water partition coefficient (Wildman–Crippen LogP) is -0.106. The van der Waals surface area contributed by atoms with Crippen LogP contribution in [0.2, 0.25) is 0 Å². The lowest BCUT2D eigenvalue weighted by atomic mass is 10.2. The van der Waals surface area contributed by atoms with Crippen LogP contribution >= 0.6 is 0 Å². The highest BCUT2D eigenvalue weighted by atomic mass is 32.2. The van der Waals surface area contributed by atoms with Crippen LogP contribution in [0.1, 0.15) is 13.8 Å². The Balaban J connectivity index is 1.99. The van der Waals surface area contributed by atoms with E-state index in [0.29, 0.717) is 0 Å². The van der Waals surface area contributed by atoms with Gasteiger partial charge in [-0.05, 0) is 26.0 Å². The number of esters is 1. The number of hydrogen-bond donors (Lipinski definition) is 0. The van der Waals surface area contributed by atoms with Gasteiger partial charge in [-0.2, -0.15) is 0 Å². The molecule has 0 aromatic heterocycles. The van der Waals surface area contributed by atoms with Gasteiger partial charge in [-0.25, -0.2) is 13.2 Å². The van der Waals surface area contributed by atoms with Crippen molar-refractivity contribution in [2.75, 3.05) is 26.0 Å². The molecule has 0 aromatic rings. The lowest BCUT2D eigenvalue weighted by Crippen LogP contribution is -2.38. The summed E-state index contributed by atoms with van der Waals surface area (Å²) >= 11 is 0. The fraction of sp³-hybridized carbons (Fsp3) is 0.500. The number of carbonyl (C=O) groups is 2. The molecule has 2 rings (SSSR count). The molecule has 0 spiro atoms. The Morgan fingerprint density at radius 3 is 2.74 bits per heavy atom. The molecule has 2 heterocycles. The minimum Gasteiger partial charge on any atom is -0.452 e. The predicted molar refractivity (Wildman–Crippen MR) is 84.0 cm³/mol. The monoisotopic (exact) mass is 341 g/mol. The third-order valence-electron chi connectivity index (χ3n) is 3.55. The molecule has 1 amide bonds. The number of hydrogen-bond acceptors (Lipinski definition) is 6. The van der Waals surface area contributed by atoms with E-state index in [4.69, 9.17) is 4.74 Å². The Morgan fingerprint density at radius 2 is 2.09 bits per heavy atom. The number of amidine groups is 1. The van der Waals surface area contributed by atoms with E-state index >= 15 is 0 Å². The van der Waals surface area contributed by atoms with Crippen molar-refractivity contribution in [2.45, 2.75) is 19.9 Å². The number of carbonyl (C=O) groups excluding carboxylic acids is 2. The smallest absolute Gasteiger partial charge is 0.340 e. The number of fused-ring (bicyclic) bond motifs is 1. The van der Waals surface area contributed by atoms with Gasteiger partial charge in [0.1, 0.15) is 5.84 Å². The topological polar surface area (TPSA) is 96.4 Å². The molecule has 0 fully saturated rings. The van der Waals surface area contributed by atoms with Gasteiger partial charge in [0, 0.05) is 25.8 Å². The van der Waals surface area contributed by atoms with E-state index < -0.39 is 16.0 Å². The summed E-state index contributed by atoms with van der Waals surface area (Å²) in [5, 5.41) is 0. The average molecular weight is 341 g/mol. The first kappa shape index (κ1) is 17.2. The molecule has 0 N–H and O–H groups in total. The Morgan fingerprint density at radius 1 is 1.39 bits per heavy atom. The zero-order valence-corrected chi connectivity index (χ0v) is 14.0. The van der Waals surface area contributed by atoms with Crippen LogP contribution in [-0.2, 0) is 24.3 Å². The van der Waals surface area contributed by atoms with Crippen LogP contribution in [0.3, 0.4) is 0 Å². The fourth-order valence-corrected chi connectivity index (χ4v) is 2.89. The summed E-state index contributed by atoms with van der Waals surface area (Å²) in [5.41, 5.74) is 0.239. The number of likely N-dealkylation sites (N-methyl/N-ethyl adjacent to an activating group) is 1. The molecular formula is C14H19N3O5S. The molecule has 23 heavy (non-hydrogen) atoms. The molecule has 2 aliphatic rings. The Labute approximate surface area is 135 Å². The van der Waals surface area contributed by atoms with Crippen molar-refractivity contribution in [3.8, 4) is 0 Å². The van der Waals surface area contributed by atoms with Gasteiger partial charge in [0.15, 0.2) is 6.61 Å². The Bertz CT molecular complexity index is 706. The van der Waals surface area contributed by atoms with Crippen LogP contribution in [0.5, 0.6) is 0 Å². The number of amides is 1. The normalized spacial score (nSPS) is 18.9. The van der Waals surface area contributed by atoms with Crippen molar-refractivity contribution in [1.82, 2.24) is 9.80 Å². The molecule has 0 aliphatic carbocycles. The molecule has 0 saturated carbocycles. The fourth-order valence-electron chi connectivity index (χ4n) is 1.92. The van der Waals surface area contributed by atoms with Crippen LogP contribution in [-0.4, -0.2) is 67.9 Å². The maximum Gasteiger partial charge on any atom is 0.340 e. The van der Waals surface area contributed by atoms with Crippen molar-refractivity contribution in [3.05, 3.63) is 23.9 Å². The maximum absolute atomic E-state index is 12.0. The lowest BCUT2D eigenvalue weighted by molar-refractivity contribution is -0.148. The zero-order valence-electron chi connectivity index (χ0n) is 13.2. The van der Waals surface area contributed by atoms with E-state index in [0.717, 1.165) is 0 Å². The van der Waals surface area contributed by atoms with Crippen LogP contribution in [0, 0.1) is 0 Å². The molecule has 8 nitrogen and oxygen atoms in total. The highest BCUT2D eigenvalue weighted by Gasteiger charge is 2.25. The lowest BCUT2D eigenvalue weighted by Gasteiger charge is -2.26. The summed E-state index contributed by atoms with van der Waals surface area (Å²) in [5.74, 6) is -0.774. The number of ether oxygens (including phenoxy) is 1. The minimum atomic E-state index is -3.43. The summed E-state index contributed by atoms with van der Waals surface area (Å²) in [4.78, 5) is 26.8. The molecule has 9 heteroatoms. The molecule has 0 unspecified atom stereocenters. The molecule has 0 bridgehead atoms. The maximum atomic E-state index is 12.0. The highest BCUT2D eigenvalue weighted by Crippen LogP contribution is 2.16. The standard InChI is InChI=1S/C14H19N3O5S/c1-10(2)16(3)13(18)9-22-14(19)11-4-5-12-15-23(20,21)7-6-17(12)8-11/h4-5,8,10H,6-7,9H2,1-3H3. The summed E-state index contributed by atoms with van der Waals surface area (Å²) in [6, 6.07) is 0.0177. The van der Waals surface area contributed by atoms with E-state index in [2.05, 4.69) is 4.40 Å². The van der Waals surface area contributed by atoms with Crippen LogP contribution in [0.4, 0.5) is 0 Å². The third-order valence-corrected chi connectivity index (χ3v) is 4.72. The van der Waals surface area contributed by atoms with Gasteiger partial charge in [0.25, 0.3) is 15.9 Å². The van der Waals surface area contributed by atoms with Gasteiger partial charge < -0.3 is 14.5 Å². The van der Waals surface area contributed by atoms with E-state index in [-0.39, 0.29) is 42.3 Å². The van der Waals surface area contributed by atoms with Gasteiger partial charge >= 0.3 is 5.97 Å². The van der Waals surface area contributed by atoms with Gasteiger partial charge in [0.2, 0.25) is 0 Å². The Kier molecular flexibility index (Phi) is 4.88. The molecule has 0 aromatic carbocycles. The first-order valence-corrected chi connectivity index (χ1v) is 8.72. The summed E-state index contributed by atoms with van der Waals surface area (Å²) in [6.07, 6.45) is 4.34. The average Bonchev–Trinajstić information content (AvgIpc) is 2.50. The van der Waals surface area contributed by atoms with Crippen LogP contribution < -0.4 is 0 Å². The van der Waals surface area contributed by atoms with Crippen LogP contribution in [0.15, 0.2) is 28.3 Å².